The molecule has 2 heterocycles. The molecule has 0 radical (unpaired) electrons. The van der Waals surface area contributed by atoms with Gasteiger partial charge in [0.2, 0.25) is 11.8 Å². The van der Waals surface area contributed by atoms with Gasteiger partial charge in [0, 0.05) is 19.5 Å². The monoisotopic (exact) mass is 240 g/mol. The van der Waals surface area contributed by atoms with Gasteiger partial charge in [0.1, 0.15) is 0 Å². The third-order valence-electron chi connectivity index (χ3n) is 3.51. The molecule has 5 nitrogen and oxygen atoms in total. The first-order chi connectivity index (χ1) is 8.08. The van der Waals surface area contributed by atoms with Crippen LogP contribution in [0.4, 0.5) is 0 Å². The van der Waals surface area contributed by atoms with Crippen molar-refractivity contribution in [3.8, 4) is 0 Å². The summed E-state index contributed by atoms with van der Waals surface area (Å²) in [5.41, 5.74) is 0. The zero-order valence-electron chi connectivity index (χ0n) is 10.4. The van der Waals surface area contributed by atoms with Gasteiger partial charge >= 0.3 is 0 Å². The smallest absolute Gasteiger partial charge is 0.227 e. The molecular formula is C12H20N2O3. The maximum Gasteiger partial charge on any atom is 0.227 e. The number of carbonyl (C=O) groups excluding carboxylic acids is 2. The molecule has 2 aliphatic rings. The first-order valence-corrected chi connectivity index (χ1v) is 6.26. The molecule has 2 rings (SSSR count). The van der Waals surface area contributed by atoms with Crippen molar-refractivity contribution in [1.29, 1.82) is 0 Å². The highest BCUT2D eigenvalue weighted by molar-refractivity contribution is 5.84. The lowest BCUT2D eigenvalue weighted by Crippen LogP contribution is -2.54. The van der Waals surface area contributed by atoms with E-state index in [4.69, 9.17) is 4.74 Å². The SMILES string of the molecule is CC1CN(C(=O)C2CCC(=O)NC2)C(C)CO1. The molecule has 17 heavy (non-hydrogen) atoms. The fourth-order valence-corrected chi connectivity index (χ4v) is 2.39. The Morgan fingerprint density at radius 1 is 1.47 bits per heavy atom. The third kappa shape index (κ3) is 2.77. The largest absolute Gasteiger partial charge is 0.375 e. The van der Waals surface area contributed by atoms with E-state index < -0.39 is 0 Å². The van der Waals surface area contributed by atoms with E-state index in [-0.39, 0.29) is 29.9 Å². The molecule has 5 heteroatoms. The van der Waals surface area contributed by atoms with Gasteiger partial charge in [-0.05, 0) is 20.3 Å². The number of nitrogens with zero attached hydrogens (tertiary/aromatic N) is 1. The van der Waals surface area contributed by atoms with Crippen molar-refractivity contribution in [3.63, 3.8) is 0 Å². The van der Waals surface area contributed by atoms with Gasteiger partial charge in [0.15, 0.2) is 0 Å². The topological polar surface area (TPSA) is 58.6 Å². The van der Waals surface area contributed by atoms with E-state index >= 15 is 0 Å². The highest BCUT2D eigenvalue weighted by Crippen LogP contribution is 2.19. The van der Waals surface area contributed by atoms with Crippen LogP contribution in [-0.4, -0.2) is 48.6 Å². The number of hydrogen-bond acceptors (Lipinski definition) is 3. The van der Waals surface area contributed by atoms with E-state index in [2.05, 4.69) is 5.32 Å². The molecular weight excluding hydrogens is 220 g/mol. The van der Waals surface area contributed by atoms with Crippen LogP contribution in [0.25, 0.3) is 0 Å². The average Bonchev–Trinajstić information content (AvgIpc) is 2.32. The van der Waals surface area contributed by atoms with Crippen LogP contribution >= 0.6 is 0 Å². The summed E-state index contributed by atoms with van der Waals surface area (Å²) < 4.78 is 5.51. The molecule has 0 aliphatic carbocycles. The average molecular weight is 240 g/mol. The summed E-state index contributed by atoms with van der Waals surface area (Å²) in [4.78, 5) is 25.3. The number of rotatable bonds is 1. The summed E-state index contributed by atoms with van der Waals surface area (Å²) in [6, 6.07) is 0.135. The van der Waals surface area contributed by atoms with Crippen LogP contribution in [0.1, 0.15) is 26.7 Å². The molecule has 0 saturated carbocycles. The molecule has 0 aromatic carbocycles. The summed E-state index contributed by atoms with van der Waals surface area (Å²) in [6.45, 7) is 5.73. The summed E-state index contributed by atoms with van der Waals surface area (Å²) in [6.07, 6.45) is 1.24. The molecule has 1 N–H and O–H groups in total. The van der Waals surface area contributed by atoms with Crippen molar-refractivity contribution in [2.24, 2.45) is 5.92 Å². The molecule has 0 bridgehead atoms. The Balaban J connectivity index is 1.96. The van der Waals surface area contributed by atoms with Crippen molar-refractivity contribution in [2.45, 2.75) is 38.8 Å². The number of carbonyl (C=O) groups is 2. The van der Waals surface area contributed by atoms with E-state index in [9.17, 15) is 9.59 Å². The Kier molecular flexibility index (Phi) is 3.66. The number of ether oxygens (including phenoxy) is 1. The molecule has 0 spiro atoms. The number of nitrogens with one attached hydrogen (secondary N) is 1. The van der Waals surface area contributed by atoms with Gasteiger partial charge in [0.05, 0.1) is 24.7 Å². The number of morpholine rings is 1. The zero-order chi connectivity index (χ0) is 12.4. The molecule has 2 amide bonds. The minimum Gasteiger partial charge on any atom is -0.375 e. The molecule has 3 unspecified atom stereocenters. The third-order valence-corrected chi connectivity index (χ3v) is 3.51. The van der Waals surface area contributed by atoms with Crippen LogP contribution in [0, 0.1) is 5.92 Å². The molecule has 96 valence electrons. The summed E-state index contributed by atoms with van der Waals surface area (Å²) >= 11 is 0. The molecule has 2 aliphatic heterocycles. The summed E-state index contributed by atoms with van der Waals surface area (Å²) in [5, 5.41) is 2.76. The molecule has 0 aromatic heterocycles. The van der Waals surface area contributed by atoms with Gasteiger partial charge < -0.3 is 15.0 Å². The quantitative estimate of drug-likeness (QED) is 0.709. The minimum absolute atomic E-state index is 0.0532. The summed E-state index contributed by atoms with van der Waals surface area (Å²) in [7, 11) is 0. The van der Waals surface area contributed by atoms with Gasteiger partial charge in [-0.3, -0.25) is 9.59 Å². The van der Waals surface area contributed by atoms with Crippen LogP contribution in [0.5, 0.6) is 0 Å². The van der Waals surface area contributed by atoms with Crippen LogP contribution in [-0.2, 0) is 14.3 Å². The maximum atomic E-state index is 12.3. The number of hydrogen-bond donors (Lipinski definition) is 1. The lowest BCUT2D eigenvalue weighted by Gasteiger charge is -2.39. The normalized spacial score (nSPS) is 34.4. The van der Waals surface area contributed by atoms with Gasteiger partial charge in [-0.15, -0.1) is 0 Å². The van der Waals surface area contributed by atoms with Crippen molar-refractivity contribution >= 4 is 11.8 Å². The highest BCUT2D eigenvalue weighted by Gasteiger charge is 2.33. The second kappa shape index (κ2) is 5.04. The fourth-order valence-electron chi connectivity index (χ4n) is 2.39. The lowest BCUT2D eigenvalue weighted by atomic mass is 9.96. The first kappa shape index (κ1) is 12.4. The van der Waals surface area contributed by atoms with Crippen molar-refractivity contribution in [2.75, 3.05) is 19.7 Å². The Morgan fingerprint density at radius 3 is 2.88 bits per heavy atom. The summed E-state index contributed by atoms with van der Waals surface area (Å²) in [5.74, 6) is 0.158. The van der Waals surface area contributed by atoms with Gasteiger partial charge in [-0.25, -0.2) is 0 Å². The maximum absolute atomic E-state index is 12.3. The molecule has 3 atom stereocenters. The predicted molar refractivity (Wildman–Crippen MR) is 62.3 cm³/mol. The van der Waals surface area contributed by atoms with Crippen LogP contribution in [0.15, 0.2) is 0 Å². The lowest BCUT2D eigenvalue weighted by molar-refractivity contribution is -0.148. The number of piperidine rings is 1. The van der Waals surface area contributed by atoms with E-state index in [1.807, 2.05) is 18.7 Å². The van der Waals surface area contributed by atoms with Gasteiger partial charge in [0.25, 0.3) is 0 Å². The Morgan fingerprint density at radius 2 is 2.24 bits per heavy atom. The first-order valence-electron chi connectivity index (χ1n) is 6.26. The van der Waals surface area contributed by atoms with Crippen molar-refractivity contribution in [1.82, 2.24) is 10.2 Å². The van der Waals surface area contributed by atoms with Crippen LogP contribution in [0.2, 0.25) is 0 Å². The Hall–Kier alpha value is -1.10. The number of amides is 2. The Bertz CT molecular complexity index is 309. The molecule has 0 aromatic rings. The van der Waals surface area contributed by atoms with E-state index in [1.165, 1.54) is 0 Å². The van der Waals surface area contributed by atoms with E-state index in [0.717, 1.165) is 0 Å². The second-order valence-electron chi connectivity index (χ2n) is 5.02. The van der Waals surface area contributed by atoms with Crippen molar-refractivity contribution < 1.29 is 14.3 Å². The van der Waals surface area contributed by atoms with Crippen molar-refractivity contribution in [3.05, 3.63) is 0 Å². The minimum atomic E-state index is -0.0551. The van der Waals surface area contributed by atoms with Gasteiger partial charge in [-0.2, -0.15) is 0 Å². The molecule has 2 saturated heterocycles. The second-order valence-corrected chi connectivity index (χ2v) is 5.02. The fraction of sp³-hybridized carbons (Fsp3) is 0.833. The van der Waals surface area contributed by atoms with Gasteiger partial charge in [-0.1, -0.05) is 0 Å². The Labute approximate surface area is 101 Å². The predicted octanol–water partition coefficient (Wildman–Crippen LogP) is 0.148. The van der Waals surface area contributed by atoms with Crippen LogP contribution < -0.4 is 5.32 Å². The van der Waals surface area contributed by atoms with E-state index in [1.54, 1.807) is 0 Å². The molecule has 2 fully saturated rings. The standard InChI is InChI=1S/C12H20N2O3/c1-8-7-17-9(2)6-14(8)12(16)10-3-4-11(15)13-5-10/h8-10H,3-7H2,1-2H3,(H,13,15). The highest BCUT2D eigenvalue weighted by atomic mass is 16.5. The zero-order valence-corrected chi connectivity index (χ0v) is 10.4. The van der Waals surface area contributed by atoms with E-state index in [0.29, 0.717) is 32.5 Å². The van der Waals surface area contributed by atoms with Crippen LogP contribution in [0.3, 0.4) is 0 Å².